The molecule has 1 heterocycles. The summed E-state index contributed by atoms with van der Waals surface area (Å²) in [6.45, 7) is 17.5. The summed E-state index contributed by atoms with van der Waals surface area (Å²) in [6.07, 6.45) is 8.51. The molecule has 0 aromatic rings. The maximum atomic E-state index is 12.5. The van der Waals surface area contributed by atoms with Crippen LogP contribution in [0.4, 0.5) is 0 Å². The van der Waals surface area contributed by atoms with Gasteiger partial charge in [-0.3, -0.25) is 14.5 Å². The van der Waals surface area contributed by atoms with Crippen molar-refractivity contribution in [1.82, 2.24) is 4.90 Å². The predicted molar refractivity (Wildman–Crippen MR) is 136 cm³/mol. The summed E-state index contributed by atoms with van der Waals surface area (Å²) in [5.74, 6) is 1.09. The molecule has 6 heteroatoms. The minimum atomic E-state index is -0.177. The van der Waals surface area contributed by atoms with Crippen molar-refractivity contribution in [2.24, 2.45) is 34.0 Å². The van der Waals surface area contributed by atoms with Crippen LogP contribution in [0.1, 0.15) is 92.9 Å². The van der Waals surface area contributed by atoms with Gasteiger partial charge in [0.25, 0.3) is 0 Å². The van der Waals surface area contributed by atoms with E-state index in [1.165, 1.54) is 19.8 Å². The van der Waals surface area contributed by atoms with Crippen molar-refractivity contribution in [2.75, 3.05) is 32.8 Å². The highest BCUT2D eigenvalue weighted by Gasteiger charge is 2.65. The van der Waals surface area contributed by atoms with Crippen molar-refractivity contribution in [3.8, 4) is 0 Å². The second-order valence-electron chi connectivity index (χ2n) is 12.9. The van der Waals surface area contributed by atoms with Crippen LogP contribution in [0.5, 0.6) is 0 Å². The Balaban J connectivity index is 1.62. The SMILES string of the molecule is CC(=O)O[C@H]1CC[C@](C)([C@H]2CC[C@]3(C)C(C)CC[C@@]3(C)[C@@H]2OC(C)=O)[C@@H](CCN2CCOCC2)C1. The van der Waals surface area contributed by atoms with Gasteiger partial charge in [-0.2, -0.15) is 0 Å². The molecule has 0 aromatic heterocycles. The lowest BCUT2D eigenvalue weighted by atomic mass is 9.46. The zero-order valence-corrected chi connectivity index (χ0v) is 23.1. The maximum Gasteiger partial charge on any atom is 0.302 e. The fourth-order valence-electron chi connectivity index (χ4n) is 8.62. The molecule has 0 N–H and O–H groups in total. The van der Waals surface area contributed by atoms with Gasteiger partial charge in [0.2, 0.25) is 0 Å². The van der Waals surface area contributed by atoms with Crippen LogP contribution >= 0.6 is 0 Å². The van der Waals surface area contributed by atoms with Crippen LogP contribution in [0.25, 0.3) is 0 Å². The molecule has 8 atom stereocenters. The molecule has 200 valence electrons. The Morgan fingerprint density at radius 3 is 2.23 bits per heavy atom. The van der Waals surface area contributed by atoms with E-state index in [0.29, 0.717) is 17.8 Å². The summed E-state index contributed by atoms with van der Waals surface area (Å²) in [5.41, 5.74) is 0.267. The molecular weight excluding hydrogens is 442 g/mol. The third-order valence-electron chi connectivity index (χ3n) is 11.3. The van der Waals surface area contributed by atoms with Gasteiger partial charge in [-0.25, -0.2) is 0 Å². The van der Waals surface area contributed by atoms with Crippen LogP contribution in [0.15, 0.2) is 0 Å². The molecule has 4 rings (SSSR count). The van der Waals surface area contributed by atoms with E-state index in [9.17, 15) is 9.59 Å². The second-order valence-corrected chi connectivity index (χ2v) is 12.9. The Morgan fingerprint density at radius 1 is 0.914 bits per heavy atom. The average molecular weight is 492 g/mol. The van der Waals surface area contributed by atoms with E-state index >= 15 is 0 Å². The van der Waals surface area contributed by atoms with Crippen LogP contribution in [0.3, 0.4) is 0 Å². The highest BCUT2D eigenvalue weighted by molar-refractivity contribution is 5.66. The normalized spacial score (nSPS) is 44.5. The van der Waals surface area contributed by atoms with Crippen molar-refractivity contribution in [1.29, 1.82) is 0 Å². The van der Waals surface area contributed by atoms with E-state index in [-0.39, 0.29) is 40.4 Å². The first kappa shape index (κ1) is 26.9. The summed E-state index contributed by atoms with van der Waals surface area (Å²) in [5, 5.41) is 0. The first-order valence-electron chi connectivity index (χ1n) is 14.1. The molecule has 0 bridgehead atoms. The Morgan fingerprint density at radius 2 is 1.57 bits per heavy atom. The fraction of sp³-hybridized carbons (Fsp3) is 0.931. The molecular formula is C29H49NO5. The van der Waals surface area contributed by atoms with Gasteiger partial charge in [0, 0.05) is 38.3 Å². The first-order valence-corrected chi connectivity index (χ1v) is 14.1. The topological polar surface area (TPSA) is 65.1 Å². The predicted octanol–water partition coefficient (Wildman–Crippen LogP) is 5.23. The number of hydrogen-bond donors (Lipinski definition) is 0. The molecule has 1 saturated heterocycles. The number of hydrogen-bond acceptors (Lipinski definition) is 6. The lowest BCUT2D eigenvalue weighted by Crippen LogP contribution is -2.59. The summed E-state index contributed by atoms with van der Waals surface area (Å²) >= 11 is 0. The van der Waals surface area contributed by atoms with Crippen LogP contribution < -0.4 is 0 Å². The zero-order chi connectivity index (χ0) is 25.4. The van der Waals surface area contributed by atoms with E-state index in [2.05, 4.69) is 32.6 Å². The maximum absolute atomic E-state index is 12.5. The van der Waals surface area contributed by atoms with E-state index in [1.807, 2.05) is 0 Å². The number of fused-ring (bicyclic) bond motifs is 1. The Hall–Kier alpha value is -1.14. The van der Waals surface area contributed by atoms with Crippen LogP contribution in [-0.2, 0) is 23.8 Å². The molecule has 4 aliphatic rings. The van der Waals surface area contributed by atoms with Gasteiger partial charge in [0.1, 0.15) is 12.2 Å². The highest BCUT2D eigenvalue weighted by atomic mass is 16.5. The number of esters is 2. The van der Waals surface area contributed by atoms with Crippen molar-refractivity contribution < 1.29 is 23.8 Å². The summed E-state index contributed by atoms with van der Waals surface area (Å²) < 4.78 is 17.6. The Kier molecular flexibility index (Phi) is 7.93. The molecule has 1 aliphatic heterocycles. The molecule has 0 amide bonds. The van der Waals surface area contributed by atoms with Crippen molar-refractivity contribution in [2.45, 2.75) is 105 Å². The van der Waals surface area contributed by atoms with Crippen molar-refractivity contribution in [3.63, 3.8) is 0 Å². The molecule has 3 saturated carbocycles. The first-order chi connectivity index (χ1) is 16.5. The fourth-order valence-corrected chi connectivity index (χ4v) is 8.62. The number of carbonyl (C=O) groups excluding carboxylic acids is 2. The van der Waals surface area contributed by atoms with E-state index in [0.717, 1.165) is 71.4 Å². The number of carbonyl (C=O) groups is 2. The lowest BCUT2D eigenvalue weighted by Gasteiger charge is -2.60. The number of nitrogens with zero attached hydrogens (tertiary/aromatic N) is 1. The standard InChI is InChI=1S/C29H49NO5/c1-20-7-12-29(6)26(35-22(3)32)25(9-13-28(20,29)5)27(4)11-8-24(34-21(2)31)19-23(27)10-14-30-15-17-33-18-16-30/h20,23-26H,7-19H2,1-6H3/t20?,23-,24-,25-,26+,27-,28+,29-/m0/s1. The number of morpholine rings is 1. The quantitative estimate of drug-likeness (QED) is 0.474. The van der Waals surface area contributed by atoms with Crippen LogP contribution in [0.2, 0.25) is 0 Å². The molecule has 0 spiro atoms. The molecule has 4 fully saturated rings. The number of rotatable bonds is 6. The van der Waals surface area contributed by atoms with Crippen LogP contribution in [0, 0.1) is 34.0 Å². The summed E-state index contributed by atoms with van der Waals surface area (Å²) in [6, 6.07) is 0. The monoisotopic (exact) mass is 491 g/mol. The summed E-state index contributed by atoms with van der Waals surface area (Å²) in [7, 11) is 0. The molecule has 0 radical (unpaired) electrons. The second kappa shape index (κ2) is 10.3. The largest absolute Gasteiger partial charge is 0.463 e. The molecule has 0 aromatic carbocycles. The minimum absolute atomic E-state index is 0.00149. The number of ether oxygens (including phenoxy) is 3. The third-order valence-corrected chi connectivity index (χ3v) is 11.3. The Labute approximate surface area is 212 Å². The Bertz CT molecular complexity index is 781. The molecule has 1 unspecified atom stereocenters. The van der Waals surface area contributed by atoms with E-state index < -0.39 is 0 Å². The highest BCUT2D eigenvalue weighted by Crippen LogP contribution is 2.68. The summed E-state index contributed by atoms with van der Waals surface area (Å²) in [4.78, 5) is 26.8. The average Bonchev–Trinajstić information content (AvgIpc) is 3.05. The van der Waals surface area contributed by atoms with E-state index in [4.69, 9.17) is 14.2 Å². The van der Waals surface area contributed by atoms with Gasteiger partial charge in [-0.05, 0) is 80.6 Å². The molecule has 3 aliphatic carbocycles. The lowest BCUT2D eigenvalue weighted by molar-refractivity contribution is -0.201. The molecule has 35 heavy (non-hydrogen) atoms. The third kappa shape index (κ3) is 5.03. The smallest absolute Gasteiger partial charge is 0.302 e. The van der Waals surface area contributed by atoms with Crippen molar-refractivity contribution >= 4 is 11.9 Å². The van der Waals surface area contributed by atoms with Gasteiger partial charge in [-0.1, -0.05) is 27.7 Å². The zero-order valence-electron chi connectivity index (χ0n) is 23.1. The van der Waals surface area contributed by atoms with Gasteiger partial charge in [-0.15, -0.1) is 0 Å². The van der Waals surface area contributed by atoms with Crippen molar-refractivity contribution in [3.05, 3.63) is 0 Å². The van der Waals surface area contributed by atoms with Gasteiger partial charge in [0.05, 0.1) is 13.2 Å². The van der Waals surface area contributed by atoms with E-state index in [1.54, 1.807) is 6.92 Å². The molecule has 6 nitrogen and oxygen atoms in total. The van der Waals surface area contributed by atoms with Gasteiger partial charge < -0.3 is 14.2 Å². The van der Waals surface area contributed by atoms with Crippen LogP contribution in [-0.4, -0.2) is 61.9 Å². The van der Waals surface area contributed by atoms with Gasteiger partial charge >= 0.3 is 11.9 Å². The minimum Gasteiger partial charge on any atom is -0.463 e. The van der Waals surface area contributed by atoms with Gasteiger partial charge in [0.15, 0.2) is 0 Å².